The van der Waals surface area contributed by atoms with Crippen LogP contribution in [0.1, 0.15) is 5.56 Å². The summed E-state index contributed by atoms with van der Waals surface area (Å²) in [6, 6.07) is 10.7. The average Bonchev–Trinajstić information content (AvgIpc) is 2.69. The van der Waals surface area contributed by atoms with E-state index >= 15 is 0 Å². The normalized spacial score (nSPS) is 14.5. The van der Waals surface area contributed by atoms with Gasteiger partial charge in [-0.3, -0.25) is 14.9 Å². The monoisotopic (exact) mass is 419 g/mol. The van der Waals surface area contributed by atoms with E-state index in [0.29, 0.717) is 22.8 Å². The van der Waals surface area contributed by atoms with Crippen LogP contribution in [0.4, 0.5) is 17.1 Å². The van der Waals surface area contributed by atoms with Gasteiger partial charge < -0.3 is 19.9 Å². The molecule has 0 aromatic heterocycles. The molecule has 0 radical (unpaired) electrons. The maximum absolute atomic E-state index is 12.5. The van der Waals surface area contributed by atoms with E-state index in [-0.39, 0.29) is 17.3 Å². The van der Waals surface area contributed by atoms with Crippen molar-refractivity contribution in [3.8, 4) is 5.75 Å². The molecule has 154 valence electrons. The Kier molecular flexibility index (Phi) is 6.56. The van der Waals surface area contributed by atoms with Crippen LogP contribution in [-0.2, 0) is 4.79 Å². The number of nitro benzene ring substituents is 1. The van der Waals surface area contributed by atoms with Crippen LogP contribution in [0.15, 0.2) is 36.4 Å². The molecule has 0 spiro atoms. The third-order valence-corrected chi connectivity index (χ3v) is 5.29. The molecule has 1 saturated heterocycles. The highest BCUT2D eigenvalue weighted by Crippen LogP contribution is 2.32. The minimum atomic E-state index is -0.499. The maximum Gasteiger partial charge on any atom is 0.311 e. The Labute approximate surface area is 174 Å². The molecule has 9 heteroatoms. The third-order valence-electron chi connectivity index (χ3n) is 5.05. The van der Waals surface area contributed by atoms with E-state index in [1.54, 1.807) is 6.92 Å². The second-order valence-electron chi connectivity index (χ2n) is 7.04. The molecule has 1 aliphatic heterocycles. The van der Waals surface area contributed by atoms with Gasteiger partial charge in [0, 0.05) is 28.5 Å². The molecule has 2 aromatic carbocycles. The van der Waals surface area contributed by atoms with Crippen molar-refractivity contribution in [1.29, 1.82) is 0 Å². The van der Waals surface area contributed by atoms with Gasteiger partial charge in [-0.25, -0.2) is 0 Å². The van der Waals surface area contributed by atoms with Gasteiger partial charge >= 0.3 is 5.69 Å². The number of benzene rings is 2. The summed E-state index contributed by atoms with van der Waals surface area (Å²) >= 11 is 6.07. The number of carbonyl (C=O) groups excluding carboxylic acids is 1. The number of quaternary nitrogens is 1. The molecule has 3 rings (SSSR count). The Bertz CT molecular complexity index is 913. The Morgan fingerprint density at radius 2 is 2.03 bits per heavy atom. The Hall–Kier alpha value is -2.84. The number of hydrogen-bond acceptors (Lipinski definition) is 5. The summed E-state index contributed by atoms with van der Waals surface area (Å²) in [6.45, 7) is 5.41. The lowest BCUT2D eigenvalue weighted by molar-refractivity contribution is -0.892. The van der Waals surface area contributed by atoms with Gasteiger partial charge in [0.05, 0.1) is 38.2 Å². The second-order valence-corrected chi connectivity index (χ2v) is 7.47. The van der Waals surface area contributed by atoms with Gasteiger partial charge in [0.25, 0.3) is 5.91 Å². The van der Waals surface area contributed by atoms with E-state index < -0.39 is 4.92 Å². The predicted octanol–water partition coefficient (Wildman–Crippen LogP) is 1.91. The van der Waals surface area contributed by atoms with Crippen LogP contribution in [-0.4, -0.2) is 50.7 Å². The van der Waals surface area contributed by atoms with Gasteiger partial charge in [0.2, 0.25) is 0 Å². The number of aryl methyl sites for hydroxylation is 1. The summed E-state index contributed by atoms with van der Waals surface area (Å²) in [5, 5.41) is 14.7. The first-order chi connectivity index (χ1) is 13.9. The van der Waals surface area contributed by atoms with E-state index in [1.807, 2.05) is 24.3 Å². The number of ether oxygens (including phenoxy) is 1. The minimum absolute atomic E-state index is 0.120. The first kappa shape index (κ1) is 20.9. The molecule has 0 bridgehead atoms. The van der Waals surface area contributed by atoms with Crippen LogP contribution < -0.4 is 19.9 Å². The zero-order valence-corrected chi connectivity index (χ0v) is 17.2. The molecular formula is C20H24ClN4O4+. The van der Waals surface area contributed by atoms with Crippen molar-refractivity contribution in [1.82, 2.24) is 0 Å². The van der Waals surface area contributed by atoms with Crippen molar-refractivity contribution in [3.63, 3.8) is 0 Å². The predicted molar refractivity (Wildman–Crippen MR) is 112 cm³/mol. The fraction of sp³-hybridized carbons (Fsp3) is 0.350. The van der Waals surface area contributed by atoms with Crippen molar-refractivity contribution in [2.45, 2.75) is 6.92 Å². The second kappa shape index (κ2) is 9.11. The number of carbonyl (C=O) groups is 1. The third kappa shape index (κ3) is 5.16. The molecule has 1 fully saturated rings. The first-order valence-corrected chi connectivity index (χ1v) is 9.72. The number of halogens is 1. The number of methoxy groups -OCH3 is 1. The van der Waals surface area contributed by atoms with E-state index in [4.69, 9.17) is 16.3 Å². The lowest BCUT2D eigenvalue weighted by Crippen LogP contribution is -3.15. The molecule has 2 N–H and O–H groups in total. The van der Waals surface area contributed by atoms with Gasteiger partial charge in [0.15, 0.2) is 12.3 Å². The van der Waals surface area contributed by atoms with Crippen LogP contribution in [0.5, 0.6) is 5.75 Å². The molecule has 0 unspecified atom stereocenters. The SMILES string of the molecule is COc1cc(NC(=O)C[NH+]2CCN(c3cccc(Cl)c3)CC2)c(C)cc1[N+](=O)[O-]. The number of nitrogens with zero attached hydrogens (tertiary/aromatic N) is 2. The zero-order valence-electron chi connectivity index (χ0n) is 16.4. The molecular weight excluding hydrogens is 396 g/mol. The van der Waals surface area contributed by atoms with E-state index in [1.165, 1.54) is 24.1 Å². The van der Waals surface area contributed by atoms with Crippen LogP contribution >= 0.6 is 11.6 Å². The average molecular weight is 420 g/mol. The van der Waals surface area contributed by atoms with Crippen molar-refractivity contribution in [2.24, 2.45) is 0 Å². The number of hydrogen-bond donors (Lipinski definition) is 2. The molecule has 8 nitrogen and oxygen atoms in total. The summed E-state index contributed by atoms with van der Waals surface area (Å²) in [5.74, 6) is -0.00593. The Morgan fingerprint density at radius 3 is 2.66 bits per heavy atom. The van der Waals surface area contributed by atoms with Gasteiger partial charge in [-0.1, -0.05) is 17.7 Å². The van der Waals surface area contributed by atoms with Crippen molar-refractivity contribution in [3.05, 3.63) is 57.1 Å². The fourth-order valence-electron chi connectivity index (χ4n) is 3.47. The number of rotatable bonds is 6. The summed E-state index contributed by atoms with van der Waals surface area (Å²) in [7, 11) is 1.37. The number of nitrogens with one attached hydrogen (secondary N) is 2. The van der Waals surface area contributed by atoms with E-state index in [0.717, 1.165) is 31.9 Å². The standard InChI is InChI=1S/C20H23ClN4O4/c1-14-10-18(25(27)28)19(29-2)12-17(14)22-20(26)13-23-6-8-24(9-7-23)16-5-3-4-15(21)11-16/h3-5,10-12H,6-9,13H2,1-2H3,(H,22,26)/p+1. The van der Waals surface area contributed by atoms with Crippen LogP contribution in [0.25, 0.3) is 0 Å². The fourth-order valence-corrected chi connectivity index (χ4v) is 3.65. The molecule has 1 heterocycles. The maximum atomic E-state index is 12.5. The van der Waals surface area contributed by atoms with Crippen molar-refractivity contribution >= 4 is 34.6 Å². The lowest BCUT2D eigenvalue weighted by atomic mass is 10.1. The van der Waals surface area contributed by atoms with Crippen molar-refractivity contribution in [2.75, 3.05) is 50.1 Å². The first-order valence-electron chi connectivity index (χ1n) is 9.34. The van der Waals surface area contributed by atoms with E-state index in [2.05, 4.69) is 10.2 Å². The molecule has 0 aliphatic carbocycles. The largest absolute Gasteiger partial charge is 0.490 e. The molecule has 2 aromatic rings. The molecule has 0 saturated carbocycles. The van der Waals surface area contributed by atoms with Crippen LogP contribution in [0.2, 0.25) is 5.02 Å². The minimum Gasteiger partial charge on any atom is -0.490 e. The topological polar surface area (TPSA) is 89.2 Å². The number of piperazine rings is 1. The molecule has 29 heavy (non-hydrogen) atoms. The van der Waals surface area contributed by atoms with Crippen LogP contribution in [0.3, 0.4) is 0 Å². The summed E-state index contributed by atoms with van der Waals surface area (Å²) in [4.78, 5) is 26.6. The summed E-state index contributed by atoms with van der Waals surface area (Å²) in [5.41, 5.74) is 2.11. The molecule has 0 atom stereocenters. The lowest BCUT2D eigenvalue weighted by Gasteiger charge is -2.33. The summed E-state index contributed by atoms with van der Waals surface area (Å²) in [6.07, 6.45) is 0. The van der Waals surface area contributed by atoms with Gasteiger partial charge in [-0.2, -0.15) is 0 Å². The number of anilines is 2. The van der Waals surface area contributed by atoms with Gasteiger partial charge in [-0.15, -0.1) is 0 Å². The van der Waals surface area contributed by atoms with Crippen molar-refractivity contribution < 1.29 is 19.4 Å². The zero-order chi connectivity index (χ0) is 21.0. The quantitative estimate of drug-likeness (QED) is 0.551. The Morgan fingerprint density at radius 1 is 1.31 bits per heavy atom. The van der Waals surface area contributed by atoms with Gasteiger partial charge in [0.1, 0.15) is 0 Å². The smallest absolute Gasteiger partial charge is 0.311 e. The van der Waals surface area contributed by atoms with E-state index in [9.17, 15) is 14.9 Å². The summed E-state index contributed by atoms with van der Waals surface area (Å²) < 4.78 is 5.08. The Balaban J connectivity index is 1.57. The highest BCUT2D eigenvalue weighted by molar-refractivity contribution is 6.30. The van der Waals surface area contributed by atoms with Crippen LogP contribution in [0, 0.1) is 17.0 Å². The number of nitro groups is 1. The highest BCUT2D eigenvalue weighted by atomic mass is 35.5. The molecule has 1 aliphatic rings. The number of amides is 1. The highest BCUT2D eigenvalue weighted by Gasteiger charge is 2.24. The van der Waals surface area contributed by atoms with Gasteiger partial charge in [-0.05, 0) is 30.7 Å². The molecule has 1 amide bonds.